The van der Waals surface area contributed by atoms with Gasteiger partial charge in [-0.2, -0.15) is 0 Å². The van der Waals surface area contributed by atoms with Crippen LogP contribution >= 0.6 is 7.14 Å². The number of unbranched alkanes of at least 4 members (excludes halogenated alkanes) is 7. The molecule has 37 heavy (non-hydrogen) atoms. The molecule has 0 amide bonds. The van der Waals surface area contributed by atoms with Crippen LogP contribution in [0.15, 0.2) is 42.5 Å². The first kappa shape index (κ1) is 30.4. The summed E-state index contributed by atoms with van der Waals surface area (Å²) in [5, 5.41) is 0.371. The lowest BCUT2D eigenvalue weighted by Gasteiger charge is -2.21. The molecule has 0 aliphatic carbocycles. The van der Waals surface area contributed by atoms with Gasteiger partial charge in [0.15, 0.2) is 7.14 Å². The zero-order valence-corrected chi connectivity index (χ0v) is 23.5. The molecule has 0 fully saturated rings. The van der Waals surface area contributed by atoms with Gasteiger partial charge in [0.05, 0.1) is 34.4 Å². The third-order valence-corrected chi connectivity index (χ3v) is 9.19. The Balaban J connectivity index is 2.10. The van der Waals surface area contributed by atoms with Crippen LogP contribution in [0.5, 0.6) is 17.2 Å². The molecule has 0 heterocycles. The number of hydrogen-bond acceptors (Lipinski definition) is 7. The van der Waals surface area contributed by atoms with Crippen molar-refractivity contribution in [2.24, 2.45) is 0 Å². The molecule has 7 nitrogen and oxygen atoms in total. The van der Waals surface area contributed by atoms with Gasteiger partial charge in [-0.05, 0) is 6.42 Å². The summed E-state index contributed by atoms with van der Waals surface area (Å²) in [5.74, 6) is 0.356. The zero-order chi connectivity index (χ0) is 27.1. The minimum Gasteiger partial charge on any atom is -0.496 e. The van der Waals surface area contributed by atoms with Crippen molar-refractivity contribution in [1.82, 2.24) is 0 Å². The van der Waals surface area contributed by atoms with Gasteiger partial charge in [-0.3, -0.25) is 9.59 Å². The normalized spacial score (nSPS) is 12.4. The van der Waals surface area contributed by atoms with Gasteiger partial charge in [0, 0.05) is 23.6 Å². The zero-order valence-electron chi connectivity index (χ0n) is 22.6. The van der Waals surface area contributed by atoms with Crippen molar-refractivity contribution in [3.63, 3.8) is 0 Å². The molecule has 0 bridgehead atoms. The molecule has 0 aromatic heterocycles. The van der Waals surface area contributed by atoms with Crippen molar-refractivity contribution in [1.29, 1.82) is 0 Å². The molecule has 0 saturated heterocycles. The van der Waals surface area contributed by atoms with E-state index in [1.807, 2.05) is 0 Å². The van der Waals surface area contributed by atoms with Gasteiger partial charge in [-0.1, -0.05) is 82.2 Å². The molecule has 0 spiro atoms. The topological polar surface area (TPSA) is 88.1 Å². The Morgan fingerprint density at radius 2 is 1.35 bits per heavy atom. The van der Waals surface area contributed by atoms with Crippen LogP contribution in [0.3, 0.4) is 0 Å². The minimum atomic E-state index is -3.75. The SMILES string of the molecule is CCCCCCCCCCOC(=O)CCP(=O)(C(=O)c1c(OC)cc(OC)cc1OC)c1ccccc1. The highest BCUT2D eigenvalue weighted by molar-refractivity contribution is 7.87. The van der Waals surface area contributed by atoms with Gasteiger partial charge < -0.3 is 23.5 Å². The lowest BCUT2D eigenvalue weighted by Crippen LogP contribution is -2.19. The Kier molecular flexibility index (Phi) is 13.3. The second-order valence-electron chi connectivity index (χ2n) is 8.96. The first-order valence-electron chi connectivity index (χ1n) is 13.1. The van der Waals surface area contributed by atoms with Crippen molar-refractivity contribution in [3.8, 4) is 17.2 Å². The van der Waals surface area contributed by atoms with Crippen LogP contribution in [0, 0.1) is 0 Å². The summed E-state index contributed by atoms with van der Waals surface area (Å²) in [7, 11) is 0.579. The van der Waals surface area contributed by atoms with Crippen LogP contribution in [0.1, 0.15) is 75.1 Å². The average molecular weight is 533 g/mol. The molecule has 8 heteroatoms. The summed E-state index contributed by atoms with van der Waals surface area (Å²) in [4.78, 5) is 26.3. The Labute approximate surface area is 221 Å². The van der Waals surface area contributed by atoms with Gasteiger partial charge in [-0.25, -0.2) is 0 Å². The highest BCUT2D eigenvalue weighted by atomic mass is 31.2. The van der Waals surface area contributed by atoms with Crippen molar-refractivity contribution in [2.45, 2.75) is 64.7 Å². The van der Waals surface area contributed by atoms with Gasteiger partial charge in [0.2, 0.25) is 5.52 Å². The summed E-state index contributed by atoms with van der Waals surface area (Å²) in [6, 6.07) is 11.6. The van der Waals surface area contributed by atoms with Crippen LogP contribution in [0.4, 0.5) is 0 Å². The number of hydrogen-bond donors (Lipinski definition) is 0. The van der Waals surface area contributed by atoms with E-state index in [9.17, 15) is 14.2 Å². The molecule has 2 aromatic rings. The smallest absolute Gasteiger partial charge is 0.306 e. The second-order valence-corrected chi connectivity index (χ2v) is 11.8. The summed E-state index contributed by atoms with van der Waals surface area (Å²) in [6.07, 6.45) is 8.91. The lowest BCUT2D eigenvalue weighted by atomic mass is 10.1. The number of methoxy groups -OCH3 is 3. The van der Waals surface area contributed by atoms with E-state index in [2.05, 4.69) is 6.92 Å². The van der Waals surface area contributed by atoms with E-state index in [1.54, 1.807) is 42.5 Å². The molecule has 0 aliphatic rings. The van der Waals surface area contributed by atoms with E-state index in [1.165, 1.54) is 53.4 Å². The maximum Gasteiger partial charge on any atom is 0.306 e. The third-order valence-electron chi connectivity index (χ3n) is 6.32. The number of benzene rings is 2. The maximum atomic E-state index is 14.3. The Bertz CT molecular complexity index is 1010. The number of ether oxygens (including phenoxy) is 4. The quantitative estimate of drug-likeness (QED) is 0.121. The summed E-state index contributed by atoms with van der Waals surface area (Å²) < 4.78 is 35.8. The molecule has 0 saturated carbocycles. The van der Waals surface area contributed by atoms with E-state index >= 15 is 0 Å². The predicted octanol–water partition coefficient (Wildman–Crippen LogP) is 6.62. The maximum absolute atomic E-state index is 14.3. The fourth-order valence-electron chi connectivity index (χ4n) is 4.16. The molecule has 0 N–H and O–H groups in total. The molecular formula is C29H41O7P. The van der Waals surface area contributed by atoms with Crippen LogP contribution in [-0.4, -0.2) is 45.6 Å². The Morgan fingerprint density at radius 3 is 1.89 bits per heavy atom. The van der Waals surface area contributed by atoms with Crippen molar-refractivity contribution < 1.29 is 33.1 Å². The predicted molar refractivity (Wildman–Crippen MR) is 147 cm³/mol. The first-order chi connectivity index (χ1) is 17.9. The monoisotopic (exact) mass is 532 g/mol. The van der Waals surface area contributed by atoms with E-state index in [0.717, 1.165) is 19.3 Å². The van der Waals surface area contributed by atoms with Crippen LogP contribution in [0.2, 0.25) is 0 Å². The molecule has 1 unspecified atom stereocenters. The lowest BCUT2D eigenvalue weighted by molar-refractivity contribution is -0.143. The number of esters is 1. The summed E-state index contributed by atoms with van der Waals surface area (Å²) in [6.45, 7) is 2.53. The number of rotatable bonds is 18. The third kappa shape index (κ3) is 8.92. The summed E-state index contributed by atoms with van der Waals surface area (Å²) in [5.41, 5.74) is -0.573. The largest absolute Gasteiger partial charge is 0.496 e. The van der Waals surface area contributed by atoms with E-state index in [4.69, 9.17) is 18.9 Å². The van der Waals surface area contributed by atoms with E-state index in [-0.39, 0.29) is 29.6 Å². The van der Waals surface area contributed by atoms with Gasteiger partial charge in [0.25, 0.3) is 0 Å². The minimum absolute atomic E-state index is 0.0605. The van der Waals surface area contributed by atoms with Crippen LogP contribution < -0.4 is 19.5 Å². The van der Waals surface area contributed by atoms with Crippen molar-refractivity contribution in [3.05, 3.63) is 48.0 Å². The highest BCUT2D eigenvalue weighted by Crippen LogP contribution is 2.52. The molecule has 204 valence electrons. The Hall–Kier alpha value is -2.79. The van der Waals surface area contributed by atoms with Gasteiger partial charge in [0.1, 0.15) is 22.8 Å². The Morgan fingerprint density at radius 1 is 0.784 bits per heavy atom. The van der Waals surface area contributed by atoms with Gasteiger partial charge in [-0.15, -0.1) is 0 Å². The molecule has 2 rings (SSSR count). The second kappa shape index (κ2) is 16.1. The first-order valence-corrected chi connectivity index (χ1v) is 15.0. The van der Waals surface area contributed by atoms with Crippen molar-refractivity contribution >= 4 is 23.9 Å². The summed E-state index contributed by atoms with van der Waals surface area (Å²) >= 11 is 0. The standard InChI is InChI=1S/C29H41O7P/c1-5-6-7-8-9-10-11-15-19-36-27(30)18-20-37(32,24-16-13-12-14-17-24)29(31)28-25(34-3)21-23(33-2)22-26(28)35-4/h12-14,16-17,21-22H,5-11,15,18-20H2,1-4H3. The van der Waals surface area contributed by atoms with E-state index < -0.39 is 18.6 Å². The number of carbonyl (C=O) groups excluding carboxylic acids is 2. The fourth-order valence-corrected chi connectivity index (χ4v) is 6.59. The highest BCUT2D eigenvalue weighted by Gasteiger charge is 2.38. The molecule has 0 radical (unpaired) electrons. The van der Waals surface area contributed by atoms with E-state index in [0.29, 0.717) is 17.7 Å². The number of carbonyl (C=O) groups is 2. The molecular weight excluding hydrogens is 491 g/mol. The van der Waals surface area contributed by atoms with Crippen molar-refractivity contribution in [2.75, 3.05) is 34.1 Å². The van der Waals surface area contributed by atoms with Gasteiger partial charge >= 0.3 is 5.97 Å². The van der Waals surface area contributed by atoms with Crippen LogP contribution in [0.25, 0.3) is 0 Å². The molecule has 2 aromatic carbocycles. The fraction of sp³-hybridized carbons (Fsp3) is 0.517. The molecule has 1 atom stereocenters. The molecule has 0 aliphatic heterocycles. The van der Waals surface area contributed by atoms with Crippen LogP contribution in [-0.2, 0) is 14.1 Å². The average Bonchev–Trinajstić information content (AvgIpc) is 2.94.